The van der Waals surface area contributed by atoms with Gasteiger partial charge >= 0.3 is 0 Å². The monoisotopic (exact) mass is 279 g/mol. The van der Waals surface area contributed by atoms with Crippen LogP contribution in [0.15, 0.2) is 0 Å². The Kier molecular flexibility index (Phi) is 3.80. The lowest BCUT2D eigenvalue weighted by molar-refractivity contribution is -0.124. The van der Waals surface area contributed by atoms with Gasteiger partial charge in [-0.3, -0.25) is 4.79 Å². The molecule has 0 spiro atoms. The molecule has 1 aliphatic heterocycles. The van der Waals surface area contributed by atoms with Gasteiger partial charge in [-0.1, -0.05) is 6.42 Å². The largest absolute Gasteiger partial charge is 0.368 e. The first kappa shape index (κ1) is 14.3. The number of fused-ring (bicyclic) bond motifs is 1. The molecular weight excluding hydrogens is 250 g/mol. The van der Waals surface area contributed by atoms with Crippen LogP contribution in [0.3, 0.4) is 0 Å². The molecule has 0 aromatic rings. The van der Waals surface area contributed by atoms with Crippen molar-refractivity contribution < 1.29 is 4.79 Å². The van der Waals surface area contributed by atoms with Gasteiger partial charge in [0, 0.05) is 25.2 Å². The smallest absolute Gasteiger partial charge is 0.237 e. The first-order chi connectivity index (χ1) is 9.48. The molecule has 3 N–H and O–H groups in total. The van der Waals surface area contributed by atoms with Gasteiger partial charge < -0.3 is 16.0 Å². The second-order valence-corrected chi connectivity index (χ2v) is 7.57. The molecule has 2 aliphatic carbocycles. The third kappa shape index (κ3) is 2.86. The van der Waals surface area contributed by atoms with E-state index >= 15 is 0 Å². The molecule has 3 rings (SSSR count). The van der Waals surface area contributed by atoms with Crippen LogP contribution in [0.2, 0.25) is 0 Å². The van der Waals surface area contributed by atoms with Gasteiger partial charge in [0.05, 0.1) is 5.54 Å². The van der Waals surface area contributed by atoms with Crippen LogP contribution in [0.5, 0.6) is 0 Å². The average Bonchev–Trinajstić information content (AvgIpc) is 2.90. The highest BCUT2D eigenvalue weighted by atomic mass is 16.1. The molecule has 4 heteroatoms. The Morgan fingerprint density at radius 1 is 1.30 bits per heavy atom. The number of rotatable bonds is 6. The van der Waals surface area contributed by atoms with Gasteiger partial charge in [-0.25, -0.2) is 0 Å². The highest BCUT2D eigenvalue weighted by Crippen LogP contribution is 2.39. The number of nitrogens with two attached hydrogens (primary N) is 1. The number of hydrogen-bond donors (Lipinski definition) is 2. The maximum absolute atomic E-state index is 11.9. The van der Waals surface area contributed by atoms with E-state index in [9.17, 15) is 4.79 Å². The molecule has 2 saturated carbocycles. The predicted octanol–water partition coefficient (Wildman–Crippen LogP) is 1.49. The van der Waals surface area contributed by atoms with E-state index in [1.807, 2.05) is 6.92 Å². The summed E-state index contributed by atoms with van der Waals surface area (Å²) in [7, 11) is 0. The number of primary amides is 1. The third-order valence-corrected chi connectivity index (χ3v) is 5.73. The fourth-order valence-corrected chi connectivity index (χ4v) is 4.26. The minimum absolute atomic E-state index is 0.198. The van der Waals surface area contributed by atoms with Crippen molar-refractivity contribution in [3.63, 3.8) is 0 Å². The molecule has 1 saturated heterocycles. The molecule has 4 unspecified atom stereocenters. The van der Waals surface area contributed by atoms with E-state index < -0.39 is 5.54 Å². The van der Waals surface area contributed by atoms with Crippen molar-refractivity contribution in [2.45, 2.75) is 70.0 Å². The van der Waals surface area contributed by atoms with Crippen LogP contribution < -0.4 is 11.1 Å². The number of hydrogen-bond acceptors (Lipinski definition) is 3. The highest BCUT2D eigenvalue weighted by Gasteiger charge is 2.42. The Bertz CT molecular complexity index is 370. The van der Waals surface area contributed by atoms with Crippen molar-refractivity contribution in [2.24, 2.45) is 17.6 Å². The zero-order valence-corrected chi connectivity index (χ0v) is 12.9. The molecule has 0 bridgehead atoms. The Labute approximate surface area is 122 Å². The van der Waals surface area contributed by atoms with Crippen LogP contribution >= 0.6 is 0 Å². The molecule has 3 fully saturated rings. The summed E-state index contributed by atoms with van der Waals surface area (Å²) in [5, 5.41) is 3.47. The van der Waals surface area contributed by atoms with Crippen LogP contribution in [0, 0.1) is 11.8 Å². The maximum Gasteiger partial charge on any atom is 0.237 e. The number of carbonyl (C=O) groups is 1. The lowest BCUT2D eigenvalue weighted by Crippen LogP contribution is -2.57. The molecular formula is C16H29N3O. The summed E-state index contributed by atoms with van der Waals surface area (Å²) in [5.41, 5.74) is 5.12. The van der Waals surface area contributed by atoms with E-state index in [0.29, 0.717) is 12.1 Å². The van der Waals surface area contributed by atoms with Crippen LogP contribution in [0.1, 0.15) is 52.4 Å². The average molecular weight is 279 g/mol. The summed E-state index contributed by atoms with van der Waals surface area (Å²) in [6.07, 6.45) is 7.43. The van der Waals surface area contributed by atoms with Gasteiger partial charge in [-0.05, 0) is 57.8 Å². The van der Waals surface area contributed by atoms with Crippen molar-refractivity contribution in [1.29, 1.82) is 0 Å². The van der Waals surface area contributed by atoms with Gasteiger partial charge in [-0.2, -0.15) is 0 Å². The molecule has 20 heavy (non-hydrogen) atoms. The normalized spacial score (nSPS) is 34.7. The van der Waals surface area contributed by atoms with Gasteiger partial charge in [0.1, 0.15) is 0 Å². The predicted molar refractivity (Wildman–Crippen MR) is 80.2 cm³/mol. The first-order valence-electron chi connectivity index (χ1n) is 8.29. The molecule has 0 aromatic carbocycles. The Hall–Kier alpha value is -0.610. The fraction of sp³-hybridized carbons (Fsp3) is 0.938. The van der Waals surface area contributed by atoms with Gasteiger partial charge in [-0.15, -0.1) is 0 Å². The van der Waals surface area contributed by atoms with Crippen LogP contribution in [0.25, 0.3) is 0 Å². The van der Waals surface area contributed by atoms with E-state index in [2.05, 4.69) is 17.1 Å². The van der Waals surface area contributed by atoms with Crippen molar-refractivity contribution in [1.82, 2.24) is 10.2 Å². The van der Waals surface area contributed by atoms with E-state index in [4.69, 9.17) is 5.73 Å². The van der Waals surface area contributed by atoms with E-state index in [1.165, 1.54) is 45.2 Å². The number of nitrogens with zero attached hydrogens (tertiary/aromatic N) is 1. The Balaban J connectivity index is 1.58. The molecule has 114 valence electrons. The van der Waals surface area contributed by atoms with Crippen molar-refractivity contribution in [2.75, 3.05) is 13.1 Å². The van der Waals surface area contributed by atoms with Crippen molar-refractivity contribution >= 4 is 5.91 Å². The lowest BCUT2D eigenvalue weighted by Gasteiger charge is -2.34. The highest BCUT2D eigenvalue weighted by molar-refractivity contribution is 5.84. The maximum atomic E-state index is 11.9. The van der Waals surface area contributed by atoms with E-state index in [0.717, 1.165) is 18.3 Å². The number of likely N-dealkylation sites (tertiary alicyclic amines) is 1. The molecule has 0 aromatic heterocycles. The van der Waals surface area contributed by atoms with Crippen LogP contribution in [-0.2, 0) is 4.79 Å². The topological polar surface area (TPSA) is 58.4 Å². The molecule has 1 amide bonds. The number of carbonyl (C=O) groups excluding carboxylic acids is 1. The lowest BCUT2D eigenvalue weighted by atomic mass is 9.91. The molecule has 3 aliphatic rings. The second-order valence-electron chi connectivity index (χ2n) is 7.57. The minimum atomic E-state index is -0.543. The second kappa shape index (κ2) is 5.30. The van der Waals surface area contributed by atoms with Gasteiger partial charge in [0.15, 0.2) is 0 Å². The van der Waals surface area contributed by atoms with Gasteiger partial charge in [0.25, 0.3) is 0 Å². The van der Waals surface area contributed by atoms with Crippen molar-refractivity contribution in [3.05, 3.63) is 0 Å². The summed E-state index contributed by atoms with van der Waals surface area (Å²) in [5.74, 6) is 1.62. The minimum Gasteiger partial charge on any atom is -0.368 e. The van der Waals surface area contributed by atoms with Crippen LogP contribution in [-0.4, -0.2) is 41.5 Å². The molecule has 1 heterocycles. The summed E-state index contributed by atoms with van der Waals surface area (Å²) in [6, 6.07) is 0.946. The molecule has 0 radical (unpaired) electrons. The Morgan fingerprint density at radius 2 is 1.90 bits per heavy atom. The van der Waals surface area contributed by atoms with Gasteiger partial charge in [0.2, 0.25) is 5.91 Å². The van der Waals surface area contributed by atoms with Crippen LogP contribution in [0.4, 0.5) is 0 Å². The number of amides is 1. The van der Waals surface area contributed by atoms with E-state index in [1.54, 1.807) is 0 Å². The standard InChI is InChI=1S/C16H29N3O/c1-11(19-9-12-4-3-5-13(12)10-19)8-16(2,15(17)20)18-14-6-7-14/h11-14,18H,3-10H2,1-2H3,(H2,17,20). The summed E-state index contributed by atoms with van der Waals surface area (Å²) in [4.78, 5) is 14.5. The zero-order valence-electron chi connectivity index (χ0n) is 12.9. The van der Waals surface area contributed by atoms with Crippen molar-refractivity contribution in [3.8, 4) is 0 Å². The molecule has 4 nitrogen and oxygen atoms in total. The summed E-state index contributed by atoms with van der Waals surface area (Å²) >= 11 is 0. The SMILES string of the molecule is CC(CC(C)(NC1CC1)C(N)=O)N1CC2CCCC2C1. The quantitative estimate of drug-likeness (QED) is 0.774. The Morgan fingerprint density at radius 3 is 2.40 bits per heavy atom. The number of nitrogens with one attached hydrogen (secondary N) is 1. The molecule has 4 atom stereocenters. The summed E-state index contributed by atoms with van der Waals surface area (Å²) in [6.45, 7) is 6.70. The fourth-order valence-electron chi connectivity index (χ4n) is 4.26. The first-order valence-corrected chi connectivity index (χ1v) is 8.29. The third-order valence-electron chi connectivity index (χ3n) is 5.73. The van der Waals surface area contributed by atoms with E-state index in [-0.39, 0.29) is 5.91 Å². The summed E-state index contributed by atoms with van der Waals surface area (Å²) < 4.78 is 0. The zero-order chi connectivity index (χ0) is 14.3.